The number of benzene rings is 2. The van der Waals surface area contributed by atoms with Gasteiger partial charge in [-0.25, -0.2) is 4.98 Å². The highest BCUT2D eigenvalue weighted by atomic mass is 35.5. The lowest BCUT2D eigenvalue weighted by atomic mass is 10.2. The van der Waals surface area contributed by atoms with Crippen LogP contribution in [0.25, 0.3) is 0 Å². The molecule has 4 rings (SSSR count). The molecule has 0 aliphatic carbocycles. The number of ether oxygens (including phenoxy) is 2. The Bertz CT molecular complexity index is 1200. The molecule has 1 aromatic heterocycles. The van der Waals surface area contributed by atoms with Crippen molar-refractivity contribution in [2.45, 2.75) is 11.3 Å². The minimum Gasteiger partial charge on any atom is -0.593 e. The van der Waals surface area contributed by atoms with E-state index in [2.05, 4.69) is 31.6 Å². The monoisotopic (exact) mass is 576 g/mol. The predicted molar refractivity (Wildman–Crippen MR) is 158 cm³/mol. The fraction of sp³-hybridized carbons (Fsp3) is 0.385. The van der Waals surface area contributed by atoms with Crippen molar-refractivity contribution in [2.24, 2.45) is 0 Å². The number of rotatable bonds is 12. The van der Waals surface area contributed by atoms with Crippen molar-refractivity contribution in [3.05, 3.63) is 53.7 Å². The summed E-state index contributed by atoms with van der Waals surface area (Å²) < 4.78 is 24.8. The normalized spacial score (nSPS) is 14.7. The van der Waals surface area contributed by atoms with E-state index in [-0.39, 0.29) is 0 Å². The van der Waals surface area contributed by atoms with Crippen molar-refractivity contribution in [1.82, 2.24) is 14.9 Å². The van der Waals surface area contributed by atoms with Gasteiger partial charge in [-0.05, 0) is 49.1 Å². The van der Waals surface area contributed by atoms with Crippen LogP contribution in [-0.4, -0.2) is 78.4 Å². The van der Waals surface area contributed by atoms with E-state index in [0.29, 0.717) is 22.5 Å². The molecule has 38 heavy (non-hydrogen) atoms. The summed E-state index contributed by atoms with van der Waals surface area (Å²) in [6.45, 7) is 4.80. The Labute approximate surface area is 236 Å². The fourth-order valence-corrected chi connectivity index (χ4v) is 5.36. The van der Waals surface area contributed by atoms with Gasteiger partial charge in [0.1, 0.15) is 22.7 Å². The van der Waals surface area contributed by atoms with Crippen molar-refractivity contribution >= 4 is 63.6 Å². The Morgan fingerprint density at radius 2 is 1.97 bits per heavy atom. The molecule has 2 heterocycles. The topological polar surface area (TPSA) is 97.8 Å². The van der Waals surface area contributed by atoms with Crippen LogP contribution in [0.15, 0.2) is 53.6 Å². The Kier molecular flexibility index (Phi) is 10.6. The highest BCUT2D eigenvalue weighted by Crippen LogP contribution is 2.34. The van der Waals surface area contributed by atoms with Gasteiger partial charge in [0.05, 0.1) is 56.3 Å². The number of para-hydroxylation sites is 2. The summed E-state index contributed by atoms with van der Waals surface area (Å²) in [6, 6.07) is 13.6. The zero-order valence-electron chi connectivity index (χ0n) is 21.8. The van der Waals surface area contributed by atoms with E-state index in [1.54, 1.807) is 24.7 Å². The molecule has 0 bridgehead atoms. The quantitative estimate of drug-likeness (QED) is 0.171. The SMILES string of the molecule is COc1cc(SCCCN2CCOCC2)ccc1Nc1ncc(Cl)c(Nc2ccccc2N(C)[S+](C)[O-])n1. The van der Waals surface area contributed by atoms with Gasteiger partial charge in [-0.3, -0.25) is 4.90 Å². The van der Waals surface area contributed by atoms with E-state index in [9.17, 15) is 4.55 Å². The molecule has 1 saturated heterocycles. The van der Waals surface area contributed by atoms with E-state index < -0.39 is 11.4 Å². The number of aromatic nitrogens is 2. The van der Waals surface area contributed by atoms with Crippen molar-refractivity contribution in [3.63, 3.8) is 0 Å². The molecule has 12 heteroatoms. The summed E-state index contributed by atoms with van der Waals surface area (Å²) in [5, 5.41) is 6.85. The number of morpholine rings is 1. The number of halogens is 1. The maximum atomic E-state index is 12.0. The standard InChI is InChI=1S/C26H33ClN6O3S2/c1-32(38(3)34)23-8-5-4-7-21(23)29-25-20(27)18-28-26(31-25)30-22-10-9-19(17-24(22)35-2)37-16-6-11-33-12-14-36-15-13-33/h4-5,7-10,17-18H,6,11-16H2,1-3H3,(H2,28,29,30,31). The number of anilines is 5. The Hall–Kier alpha value is -2.41. The van der Waals surface area contributed by atoms with Crippen molar-refractivity contribution in [3.8, 4) is 5.75 Å². The first kappa shape index (κ1) is 28.6. The lowest BCUT2D eigenvalue weighted by Crippen LogP contribution is -2.36. The molecule has 9 nitrogen and oxygen atoms in total. The molecule has 0 saturated carbocycles. The number of hydrogen-bond acceptors (Lipinski definition) is 10. The molecule has 1 aliphatic rings. The molecule has 2 N–H and O–H groups in total. The van der Waals surface area contributed by atoms with Crippen molar-refractivity contribution < 1.29 is 14.0 Å². The molecule has 1 fully saturated rings. The van der Waals surface area contributed by atoms with E-state index in [0.717, 1.165) is 67.0 Å². The third kappa shape index (κ3) is 7.81. The van der Waals surface area contributed by atoms with Gasteiger partial charge < -0.3 is 24.7 Å². The summed E-state index contributed by atoms with van der Waals surface area (Å²) in [6.07, 6.45) is 4.28. The van der Waals surface area contributed by atoms with Crippen LogP contribution < -0.4 is 19.7 Å². The summed E-state index contributed by atoms with van der Waals surface area (Å²) in [5.41, 5.74) is 2.24. The van der Waals surface area contributed by atoms with Gasteiger partial charge in [0.2, 0.25) is 5.95 Å². The molecule has 2 aromatic carbocycles. The van der Waals surface area contributed by atoms with Gasteiger partial charge in [-0.1, -0.05) is 23.7 Å². The second kappa shape index (κ2) is 14.1. The van der Waals surface area contributed by atoms with Gasteiger partial charge in [0.25, 0.3) is 0 Å². The molecule has 0 spiro atoms. The highest BCUT2D eigenvalue weighted by molar-refractivity contribution is 7.99. The number of thioether (sulfide) groups is 1. The molecule has 1 unspecified atom stereocenters. The van der Waals surface area contributed by atoms with Crippen LogP contribution in [0, 0.1) is 0 Å². The molecule has 3 aromatic rings. The average Bonchev–Trinajstić information content (AvgIpc) is 2.94. The zero-order valence-corrected chi connectivity index (χ0v) is 24.2. The van der Waals surface area contributed by atoms with Crippen LogP contribution in [0.2, 0.25) is 5.02 Å². The second-order valence-corrected chi connectivity index (χ2v) is 11.6. The van der Waals surface area contributed by atoms with Gasteiger partial charge in [0, 0.05) is 18.0 Å². The smallest absolute Gasteiger partial charge is 0.229 e. The third-order valence-electron chi connectivity index (χ3n) is 6.04. The van der Waals surface area contributed by atoms with E-state index in [4.69, 9.17) is 21.1 Å². The van der Waals surface area contributed by atoms with Crippen LogP contribution in [0.5, 0.6) is 5.75 Å². The number of hydrogen-bond donors (Lipinski definition) is 2. The molecular formula is C26H33ClN6O3S2. The fourth-order valence-electron chi connectivity index (χ4n) is 3.92. The van der Waals surface area contributed by atoms with Gasteiger partial charge in [0.15, 0.2) is 5.82 Å². The minimum atomic E-state index is -1.18. The lowest BCUT2D eigenvalue weighted by molar-refractivity contribution is 0.0381. The molecule has 0 amide bonds. The van der Waals surface area contributed by atoms with Crippen molar-refractivity contribution in [2.75, 3.05) is 74.0 Å². The summed E-state index contributed by atoms with van der Waals surface area (Å²) in [5.74, 6) is 2.53. The van der Waals surface area contributed by atoms with Gasteiger partial charge in [-0.15, -0.1) is 11.8 Å². The van der Waals surface area contributed by atoms with Crippen LogP contribution >= 0.6 is 23.4 Å². The van der Waals surface area contributed by atoms with Crippen LogP contribution in [-0.2, 0) is 16.1 Å². The number of nitrogens with one attached hydrogen (secondary N) is 2. The first-order valence-electron chi connectivity index (χ1n) is 12.3. The van der Waals surface area contributed by atoms with Crippen molar-refractivity contribution in [1.29, 1.82) is 0 Å². The Morgan fingerprint density at radius 1 is 1.18 bits per heavy atom. The molecule has 1 atom stereocenters. The van der Waals surface area contributed by atoms with Crippen LogP contribution in [0.3, 0.4) is 0 Å². The highest BCUT2D eigenvalue weighted by Gasteiger charge is 2.16. The molecular weight excluding hydrogens is 544 g/mol. The lowest BCUT2D eigenvalue weighted by Gasteiger charge is -2.26. The zero-order chi connectivity index (χ0) is 26.9. The van der Waals surface area contributed by atoms with E-state index in [1.165, 1.54) is 6.20 Å². The first-order valence-corrected chi connectivity index (χ1v) is 15.2. The van der Waals surface area contributed by atoms with Crippen LogP contribution in [0.4, 0.5) is 28.8 Å². The molecule has 204 valence electrons. The molecule has 1 aliphatic heterocycles. The summed E-state index contributed by atoms with van der Waals surface area (Å²) >= 11 is 7.04. The van der Waals surface area contributed by atoms with Crippen LogP contribution in [0.1, 0.15) is 6.42 Å². The summed E-state index contributed by atoms with van der Waals surface area (Å²) in [4.78, 5) is 12.5. The van der Waals surface area contributed by atoms with E-state index >= 15 is 0 Å². The summed E-state index contributed by atoms with van der Waals surface area (Å²) in [7, 11) is 3.41. The minimum absolute atomic E-state index is 0.362. The predicted octanol–water partition coefficient (Wildman–Crippen LogP) is 5.17. The Morgan fingerprint density at radius 3 is 2.74 bits per heavy atom. The average molecular weight is 577 g/mol. The molecule has 0 radical (unpaired) electrons. The van der Waals surface area contributed by atoms with Gasteiger partial charge in [-0.2, -0.15) is 9.29 Å². The van der Waals surface area contributed by atoms with Gasteiger partial charge >= 0.3 is 0 Å². The Balaban J connectivity index is 1.41. The number of nitrogens with zero attached hydrogens (tertiary/aromatic N) is 4. The first-order chi connectivity index (χ1) is 18.4. The maximum absolute atomic E-state index is 12.0. The number of methoxy groups -OCH3 is 1. The largest absolute Gasteiger partial charge is 0.593 e. The third-order valence-corrected chi connectivity index (χ3v) is 8.36. The maximum Gasteiger partial charge on any atom is 0.229 e. The van der Waals surface area contributed by atoms with E-state index in [1.807, 2.05) is 48.2 Å². The second-order valence-electron chi connectivity index (χ2n) is 8.60.